The third kappa shape index (κ3) is 3.77. The number of terminal acetylenes is 1. The van der Waals surface area contributed by atoms with Crippen LogP contribution in [0.15, 0.2) is 46.0 Å². The van der Waals surface area contributed by atoms with Crippen LogP contribution in [-0.4, -0.2) is 23.5 Å². The van der Waals surface area contributed by atoms with Gasteiger partial charge in [0, 0.05) is 6.42 Å². The van der Waals surface area contributed by atoms with Crippen molar-refractivity contribution >= 4 is 17.4 Å². The van der Waals surface area contributed by atoms with Crippen molar-refractivity contribution in [3.8, 4) is 12.3 Å². The maximum absolute atomic E-state index is 12.7. The number of allylic oxidation sites excluding steroid dienone is 2. The minimum absolute atomic E-state index is 0.118. The molecule has 0 aliphatic heterocycles. The number of hydrogen-bond donors (Lipinski definition) is 1. The fraction of sp³-hybridized carbons (Fsp3) is 0.368. The van der Waals surface area contributed by atoms with Crippen molar-refractivity contribution in [1.29, 1.82) is 0 Å². The second-order valence-electron chi connectivity index (χ2n) is 6.37. The van der Waals surface area contributed by atoms with Gasteiger partial charge < -0.3 is 9.84 Å². The largest absolute Gasteiger partial charge is 0.510 e. The number of aliphatic hydroxyl groups is 1. The Kier molecular flexibility index (Phi) is 5.38. The van der Waals surface area contributed by atoms with E-state index in [2.05, 4.69) is 16.1 Å². The third-order valence-electron chi connectivity index (χ3n) is 4.01. The van der Waals surface area contributed by atoms with Crippen molar-refractivity contribution in [2.45, 2.75) is 27.2 Å². The Morgan fingerprint density at radius 2 is 2.08 bits per heavy atom. The molecule has 0 amide bonds. The standard InChI is InChI=1S/C19H20N2O4/c1-5-12-9-7-8-10-13(12)20-21-16-14(22)11-19(3,4)15(17(16)23)18(24)25-6-2/h1,7-10,15,22H,6,11H2,2-4H3/b21-20+. The maximum atomic E-state index is 12.7. The summed E-state index contributed by atoms with van der Waals surface area (Å²) in [4.78, 5) is 24.9. The van der Waals surface area contributed by atoms with Crippen molar-refractivity contribution in [3.05, 3.63) is 41.3 Å². The summed E-state index contributed by atoms with van der Waals surface area (Å²) in [6, 6.07) is 6.83. The van der Waals surface area contributed by atoms with Gasteiger partial charge in [-0.15, -0.1) is 16.7 Å². The first-order valence-electron chi connectivity index (χ1n) is 7.92. The van der Waals surface area contributed by atoms with Gasteiger partial charge in [-0.2, -0.15) is 0 Å². The van der Waals surface area contributed by atoms with E-state index in [0.29, 0.717) is 11.3 Å². The molecule has 0 radical (unpaired) electrons. The molecule has 0 saturated heterocycles. The first kappa shape index (κ1) is 18.4. The van der Waals surface area contributed by atoms with E-state index in [4.69, 9.17) is 11.2 Å². The third-order valence-corrected chi connectivity index (χ3v) is 4.01. The molecular formula is C19H20N2O4. The lowest BCUT2D eigenvalue weighted by Crippen LogP contribution is -2.42. The average molecular weight is 340 g/mol. The molecule has 6 heteroatoms. The molecule has 1 aromatic rings. The van der Waals surface area contributed by atoms with E-state index < -0.39 is 23.1 Å². The van der Waals surface area contributed by atoms with Crippen LogP contribution in [0.1, 0.15) is 32.8 Å². The number of carbonyl (C=O) groups is 2. The van der Waals surface area contributed by atoms with Gasteiger partial charge in [-0.05, 0) is 24.5 Å². The highest BCUT2D eigenvalue weighted by atomic mass is 16.5. The zero-order chi connectivity index (χ0) is 18.6. The number of esters is 1. The molecule has 6 nitrogen and oxygen atoms in total. The molecule has 0 aromatic heterocycles. The van der Waals surface area contributed by atoms with Crippen molar-refractivity contribution in [2.24, 2.45) is 21.6 Å². The van der Waals surface area contributed by atoms with E-state index in [0.717, 1.165) is 0 Å². The fourth-order valence-corrected chi connectivity index (χ4v) is 2.80. The summed E-state index contributed by atoms with van der Waals surface area (Å²) in [6.07, 6.45) is 5.52. The Labute approximate surface area is 146 Å². The van der Waals surface area contributed by atoms with Gasteiger partial charge in [0.25, 0.3) is 0 Å². The molecule has 1 N–H and O–H groups in total. The predicted octanol–water partition coefficient (Wildman–Crippen LogP) is 3.70. The Morgan fingerprint density at radius 1 is 1.40 bits per heavy atom. The first-order valence-corrected chi connectivity index (χ1v) is 7.92. The van der Waals surface area contributed by atoms with Gasteiger partial charge >= 0.3 is 5.97 Å². The van der Waals surface area contributed by atoms with Crippen LogP contribution in [0.2, 0.25) is 0 Å². The normalized spacial score (nSPS) is 19.8. The lowest BCUT2D eigenvalue weighted by molar-refractivity contribution is -0.156. The van der Waals surface area contributed by atoms with Gasteiger partial charge in [0.2, 0.25) is 5.78 Å². The van der Waals surface area contributed by atoms with Gasteiger partial charge in [0.05, 0.1) is 12.2 Å². The lowest BCUT2D eigenvalue weighted by Gasteiger charge is -2.34. The second kappa shape index (κ2) is 7.31. The number of aliphatic hydroxyl groups excluding tert-OH is 1. The number of carbonyl (C=O) groups excluding carboxylic acids is 2. The van der Waals surface area contributed by atoms with Crippen LogP contribution < -0.4 is 0 Å². The number of ether oxygens (including phenoxy) is 1. The maximum Gasteiger partial charge on any atom is 0.317 e. The van der Waals surface area contributed by atoms with E-state index in [9.17, 15) is 14.7 Å². The number of rotatable bonds is 4. The van der Waals surface area contributed by atoms with Crippen molar-refractivity contribution < 1.29 is 19.4 Å². The Bertz CT molecular complexity index is 800. The van der Waals surface area contributed by atoms with Crippen LogP contribution in [0, 0.1) is 23.7 Å². The summed E-state index contributed by atoms with van der Waals surface area (Å²) in [5.41, 5.74) is -0.0971. The first-order chi connectivity index (χ1) is 11.8. The van der Waals surface area contributed by atoms with E-state index in [1.165, 1.54) is 0 Å². The van der Waals surface area contributed by atoms with Crippen LogP contribution >= 0.6 is 0 Å². The summed E-state index contributed by atoms with van der Waals surface area (Å²) in [5.74, 6) is 0.00688. The van der Waals surface area contributed by atoms with Gasteiger partial charge in [-0.25, -0.2) is 0 Å². The van der Waals surface area contributed by atoms with Crippen LogP contribution in [0.3, 0.4) is 0 Å². The predicted molar refractivity (Wildman–Crippen MR) is 92.1 cm³/mol. The summed E-state index contributed by atoms with van der Waals surface area (Å²) >= 11 is 0. The Hall–Kier alpha value is -2.94. The van der Waals surface area contributed by atoms with Crippen molar-refractivity contribution in [2.75, 3.05) is 6.61 Å². The number of ketones is 1. The van der Waals surface area contributed by atoms with Crippen molar-refractivity contribution in [3.63, 3.8) is 0 Å². The van der Waals surface area contributed by atoms with E-state index in [1.54, 1.807) is 45.0 Å². The van der Waals surface area contributed by atoms with Crippen LogP contribution in [0.5, 0.6) is 0 Å². The zero-order valence-electron chi connectivity index (χ0n) is 14.4. The molecular weight excluding hydrogens is 320 g/mol. The fourth-order valence-electron chi connectivity index (χ4n) is 2.80. The summed E-state index contributed by atoms with van der Waals surface area (Å²) < 4.78 is 5.01. The van der Waals surface area contributed by atoms with Crippen LogP contribution in [-0.2, 0) is 14.3 Å². The van der Waals surface area contributed by atoms with Crippen molar-refractivity contribution in [1.82, 2.24) is 0 Å². The summed E-state index contributed by atoms with van der Waals surface area (Å²) in [6.45, 7) is 5.29. The van der Waals surface area contributed by atoms with Gasteiger partial charge in [0.15, 0.2) is 5.70 Å². The van der Waals surface area contributed by atoms with Crippen LogP contribution in [0.25, 0.3) is 0 Å². The van der Waals surface area contributed by atoms with E-state index in [-0.39, 0.29) is 24.5 Å². The minimum Gasteiger partial charge on any atom is -0.510 e. The number of Topliss-reactive ketones (excluding diaryl/α,β-unsaturated/α-hetero) is 1. The number of benzene rings is 1. The summed E-state index contributed by atoms with van der Waals surface area (Å²) in [7, 11) is 0. The smallest absolute Gasteiger partial charge is 0.317 e. The second-order valence-corrected chi connectivity index (χ2v) is 6.37. The molecule has 25 heavy (non-hydrogen) atoms. The van der Waals surface area contributed by atoms with Gasteiger partial charge in [0.1, 0.15) is 17.4 Å². The van der Waals surface area contributed by atoms with Crippen LogP contribution in [0.4, 0.5) is 5.69 Å². The molecule has 1 aliphatic rings. The minimum atomic E-state index is -1.04. The molecule has 0 heterocycles. The number of nitrogens with zero attached hydrogens (tertiary/aromatic N) is 2. The molecule has 0 fully saturated rings. The highest BCUT2D eigenvalue weighted by Crippen LogP contribution is 2.42. The molecule has 0 saturated carbocycles. The zero-order valence-corrected chi connectivity index (χ0v) is 14.4. The van der Waals surface area contributed by atoms with Gasteiger partial charge in [-0.3, -0.25) is 9.59 Å². The Balaban J connectivity index is 2.40. The molecule has 1 atom stereocenters. The highest BCUT2D eigenvalue weighted by Gasteiger charge is 2.48. The van der Waals surface area contributed by atoms with E-state index >= 15 is 0 Å². The molecule has 1 unspecified atom stereocenters. The SMILES string of the molecule is C#Cc1ccccc1/N=N/C1=C(O)CC(C)(C)C(C(=O)OCC)C1=O. The topological polar surface area (TPSA) is 88.3 Å². The monoisotopic (exact) mass is 340 g/mol. The van der Waals surface area contributed by atoms with E-state index in [1.807, 2.05) is 0 Å². The number of hydrogen-bond acceptors (Lipinski definition) is 6. The molecule has 2 rings (SSSR count). The lowest BCUT2D eigenvalue weighted by atomic mass is 9.69. The average Bonchev–Trinajstić information content (AvgIpc) is 2.54. The molecule has 0 bridgehead atoms. The quantitative estimate of drug-likeness (QED) is 0.392. The molecule has 0 spiro atoms. The summed E-state index contributed by atoms with van der Waals surface area (Å²) in [5, 5.41) is 18.1. The molecule has 1 aliphatic carbocycles. The van der Waals surface area contributed by atoms with Gasteiger partial charge in [-0.1, -0.05) is 31.9 Å². The highest BCUT2D eigenvalue weighted by molar-refractivity contribution is 6.09. The Morgan fingerprint density at radius 3 is 2.72 bits per heavy atom. The number of azo groups is 1. The molecule has 1 aromatic carbocycles. The molecule has 130 valence electrons.